The highest BCUT2D eigenvalue weighted by atomic mass is 79.9. The number of alkyl halides is 6. The molecule has 0 saturated carbocycles. The zero-order valence-corrected chi connectivity index (χ0v) is 81.0. The van der Waals surface area contributed by atoms with Gasteiger partial charge in [0.05, 0.1) is 88.1 Å². The number of aliphatic carboxylic acids is 1. The Morgan fingerprint density at radius 2 is 0.817 bits per heavy atom. The molecule has 18 nitrogen and oxygen atoms in total. The van der Waals surface area contributed by atoms with Gasteiger partial charge in [-0.05, 0) is 293 Å². The van der Waals surface area contributed by atoms with Gasteiger partial charge >= 0.3 is 40.7 Å². The number of benzene rings is 6. The summed E-state index contributed by atoms with van der Waals surface area (Å²) in [6.07, 6.45) is 15.1. The summed E-state index contributed by atoms with van der Waals surface area (Å²) in [6.45, 7) is 29.8. The molecular formula is C94H101BBrF12N7O11S5. The fourth-order valence-corrected chi connectivity index (χ4v) is 19.6. The van der Waals surface area contributed by atoms with Crippen molar-refractivity contribution in [1.82, 2.24) is 34.6 Å². The van der Waals surface area contributed by atoms with Gasteiger partial charge in [-0.15, -0.1) is 45.3 Å². The number of halogens is 13. The van der Waals surface area contributed by atoms with Crippen LogP contribution in [-0.4, -0.2) is 159 Å². The van der Waals surface area contributed by atoms with Gasteiger partial charge in [-0.1, -0.05) is 30.3 Å². The maximum absolute atomic E-state index is 15.6. The van der Waals surface area contributed by atoms with Gasteiger partial charge in [-0.25, -0.2) is 68.8 Å². The number of aromatic nitrogens is 4. The Hall–Kier alpha value is -9.28. The number of carboxylic acids is 1. The fourth-order valence-electron chi connectivity index (χ4n) is 15.6. The summed E-state index contributed by atoms with van der Waals surface area (Å²) >= 11 is 9.72. The highest BCUT2D eigenvalue weighted by Crippen LogP contribution is 2.48. The molecule has 0 amide bonds. The maximum Gasteiger partial charge on any atom is 0.534 e. The van der Waals surface area contributed by atoms with Gasteiger partial charge in [0.2, 0.25) is 0 Å². The molecule has 6 aromatic carbocycles. The highest BCUT2D eigenvalue weighted by Gasteiger charge is 2.53. The van der Waals surface area contributed by atoms with E-state index in [1.54, 1.807) is 58.5 Å². The topological polar surface area (TPSA) is 213 Å². The number of hydrogen-bond donors (Lipinski definition) is 1. The second kappa shape index (κ2) is 42.1. The monoisotopic (exact) mass is 1980 g/mol. The molecule has 1 saturated heterocycles. The molecule has 37 heteroatoms. The largest absolute Gasteiger partial charge is 0.534 e. The third-order valence-electron chi connectivity index (χ3n) is 22.0. The van der Waals surface area contributed by atoms with Gasteiger partial charge in [0.15, 0.2) is 0 Å². The number of carboxylic acid groups (broad SMARTS) is 1. The van der Waals surface area contributed by atoms with Crippen LogP contribution in [0.5, 0.6) is 5.75 Å². The van der Waals surface area contributed by atoms with Crippen molar-refractivity contribution >= 4 is 119 Å². The Morgan fingerprint density at radius 1 is 0.496 bits per heavy atom. The Labute approximate surface area is 779 Å². The molecular weight excluding hydrogens is 1880 g/mol. The molecule has 1 fully saturated rings. The normalized spacial score (nSPS) is 18.7. The number of nitrogens with zero attached hydrogens (tertiary/aromatic N) is 7. The molecule has 8 heterocycles. The Kier molecular flexibility index (Phi) is 33.4. The first-order valence-corrected chi connectivity index (χ1v) is 46.7. The Bertz CT molecular complexity index is 5920. The van der Waals surface area contributed by atoms with Gasteiger partial charge in [0, 0.05) is 91.3 Å². The summed E-state index contributed by atoms with van der Waals surface area (Å²) in [5.41, 5.74) is -5.70. The quantitative estimate of drug-likeness (QED) is 0.0188. The molecule has 131 heavy (non-hydrogen) atoms. The van der Waals surface area contributed by atoms with Crippen LogP contribution in [0, 0.1) is 62.6 Å². The van der Waals surface area contributed by atoms with Gasteiger partial charge in [0.1, 0.15) is 57.7 Å². The third kappa shape index (κ3) is 26.6. The van der Waals surface area contributed by atoms with Crippen LogP contribution in [0.3, 0.4) is 0 Å². The predicted molar refractivity (Wildman–Crippen MR) is 492 cm³/mol. The number of hydrogen-bond acceptors (Lipinski definition) is 21. The summed E-state index contributed by atoms with van der Waals surface area (Å²) < 4.78 is 226. The molecule has 1 N–H and O–H groups in total. The molecule has 6 unspecified atom stereocenters. The summed E-state index contributed by atoms with van der Waals surface area (Å²) in [5.74, 6) is -8.36. The average molecular weight is 1980 g/mol. The number of esters is 2. The van der Waals surface area contributed by atoms with Crippen molar-refractivity contribution in [3.05, 3.63) is 259 Å². The molecule has 6 atom stereocenters. The van der Waals surface area contributed by atoms with E-state index in [9.17, 15) is 49.1 Å². The standard InChI is InChI=1S/C28H29F3N2O2S.C27H27F3N2O2S.C25H25F6NO5S.C10H16BNO2S.C4H4BrNS/c1-16-10-20-13-19(24-14-32-17(2)36-24)7-8-21(20)27(33(16)15-28(3,4)31)26-22(29)11-18(12-23(26)30)6-9-25(34)35-5;1-15-9-19-12-18(23-13-31-16(2)35-23)6-7-20(19)26(32(15)14-27(3,4)30)25-21(28)10-17(11-22(25)29)5-8-24(33)34;1-14-9-16-12-17(37-38(34,35)25(29,30)31)6-7-18(16)23(32(14)13-24(2,3)28)22-19(26)10-15(11-20(22)27)5-8-21(33)36-4;1-7-12-6-8(15-7)11-13-9(2,3)10(4,5)14-11;1-3-6-2-4(5)7-3/h6-9,11-14,16,27H,10,15H2,1-5H3;5-8,10-13,15,26H,9,14H2,1-4H3,(H,33,34);5-8,10-12,14,23H,9,13H2,1-4H3;6H,1-5H3;2H,1H3/b9-6+;2*8-5+;;. The molecule has 4 aliphatic rings. The molecule has 10 aromatic rings. The summed E-state index contributed by atoms with van der Waals surface area (Å²) in [7, 11) is -3.85. The van der Waals surface area contributed by atoms with Crippen LogP contribution in [-0.2, 0) is 62.5 Å². The molecule has 4 aliphatic heterocycles. The predicted octanol–water partition coefficient (Wildman–Crippen LogP) is 22.7. The van der Waals surface area contributed by atoms with E-state index in [4.69, 9.17) is 14.4 Å². The molecule has 14 rings (SSSR count). The molecule has 0 radical (unpaired) electrons. The van der Waals surface area contributed by atoms with E-state index in [-0.39, 0.29) is 95.4 Å². The minimum atomic E-state index is -5.94. The lowest BCUT2D eigenvalue weighted by atomic mass is 9.83. The van der Waals surface area contributed by atoms with Crippen molar-refractivity contribution in [2.75, 3.05) is 33.9 Å². The third-order valence-corrected chi connectivity index (χ3v) is 27.2. The lowest BCUT2D eigenvalue weighted by Gasteiger charge is -2.44. The van der Waals surface area contributed by atoms with Crippen LogP contribution in [0.4, 0.5) is 52.7 Å². The van der Waals surface area contributed by atoms with E-state index in [1.165, 1.54) is 77.8 Å². The summed E-state index contributed by atoms with van der Waals surface area (Å²) in [4.78, 5) is 57.6. The lowest BCUT2D eigenvalue weighted by molar-refractivity contribution is -0.135. The smallest absolute Gasteiger partial charge is 0.478 e. The van der Waals surface area contributed by atoms with Crippen LogP contribution >= 0.6 is 61.3 Å². The van der Waals surface area contributed by atoms with Crippen LogP contribution in [0.1, 0.15) is 195 Å². The highest BCUT2D eigenvalue weighted by molar-refractivity contribution is 9.11. The van der Waals surface area contributed by atoms with E-state index in [1.807, 2.05) is 106 Å². The number of carbonyl (C=O) groups is 3. The van der Waals surface area contributed by atoms with Crippen molar-refractivity contribution in [2.24, 2.45) is 0 Å². The summed E-state index contributed by atoms with van der Waals surface area (Å²) in [5, 5.41) is 12.9. The molecule has 0 aliphatic carbocycles. The van der Waals surface area contributed by atoms with E-state index in [2.05, 4.69) is 77.2 Å². The van der Waals surface area contributed by atoms with Gasteiger partial charge < -0.3 is 28.1 Å². The van der Waals surface area contributed by atoms with Gasteiger partial charge in [-0.2, -0.15) is 21.6 Å². The Balaban J connectivity index is 0.000000182. The van der Waals surface area contributed by atoms with Crippen LogP contribution in [0.15, 0.2) is 138 Å². The van der Waals surface area contributed by atoms with Crippen molar-refractivity contribution < 1.29 is 104 Å². The Morgan fingerprint density at radius 3 is 1.10 bits per heavy atom. The van der Waals surface area contributed by atoms with Crippen molar-refractivity contribution in [3.8, 4) is 26.6 Å². The maximum atomic E-state index is 15.6. The number of thiazole rings is 4. The summed E-state index contributed by atoms with van der Waals surface area (Å²) in [6, 6.07) is 17.7. The number of carbonyl (C=O) groups excluding carboxylic acids is 2. The first kappa shape index (κ1) is 104. The number of fused-ring (bicyclic) bond motifs is 3. The van der Waals surface area contributed by atoms with Crippen LogP contribution in [0.2, 0.25) is 0 Å². The van der Waals surface area contributed by atoms with Gasteiger partial charge in [-0.3, -0.25) is 19.7 Å². The van der Waals surface area contributed by atoms with E-state index in [0.717, 1.165) is 146 Å². The second-order valence-electron chi connectivity index (χ2n) is 34.8. The minimum absolute atomic E-state index is 0.00634. The number of rotatable bonds is 20. The molecule has 0 spiro atoms. The van der Waals surface area contributed by atoms with Crippen molar-refractivity contribution in [1.29, 1.82) is 0 Å². The van der Waals surface area contributed by atoms with E-state index >= 15 is 26.3 Å². The minimum Gasteiger partial charge on any atom is -0.478 e. The number of methoxy groups -OCH3 is 2. The van der Waals surface area contributed by atoms with E-state index < -0.39 is 121 Å². The lowest BCUT2D eigenvalue weighted by Crippen LogP contribution is -2.48. The molecule has 0 bridgehead atoms. The number of aryl methyl sites for hydroxylation is 4. The van der Waals surface area contributed by atoms with Crippen molar-refractivity contribution in [2.45, 2.75) is 207 Å². The molecule has 4 aromatic heterocycles. The van der Waals surface area contributed by atoms with Crippen molar-refractivity contribution in [3.63, 3.8) is 0 Å². The second-order valence-corrected chi connectivity index (χ2v) is 42.7. The first-order valence-electron chi connectivity index (χ1n) is 41.3. The zero-order chi connectivity index (χ0) is 96.9. The first-order chi connectivity index (χ1) is 60.9. The zero-order valence-electron chi connectivity index (χ0n) is 75.3. The van der Waals surface area contributed by atoms with Crippen LogP contribution < -0.4 is 8.96 Å². The van der Waals surface area contributed by atoms with Crippen LogP contribution in [0.25, 0.3) is 39.1 Å². The average Bonchev–Trinajstić information content (AvgIpc) is 1.04. The fraction of sp³-hybridized carbons (Fsp3) is 0.394. The molecule has 702 valence electrons. The SMILES string of the molecule is COC(=O)/C=C/c1cc(F)c(C2c3ccc(-c4cnc(C)s4)cc3CC(C)N2CC(C)(C)F)c(F)c1.COC(=O)/C=C/c1cc(F)c(C2c3ccc(OS(=O)(=O)C(F)(F)F)cc3CC(C)N2CC(C)(C)F)c(F)c1.Cc1ncc(-c2ccc3c(c2)CC(C)N(CC(C)(C)F)C3c2c(F)cc(/C=C/C(=O)O)cc2F)s1.Cc1ncc(B2OC(C)(C)C(C)(C)O2)s1.Cc1ncc(Br)s1. The van der Waals surface area contributed by atoms with Gasteiger partial charge in [0.25, 0.3) is 0 Å². The van der Waals surface area contributed by atoms with E-state index in [0.29, 0.717) is 12.8 Å². The number of ether oxygens (including phenoxy) is 2.